The molecule has 2 atom stereocenters. The monoisotopic (exact) mass is 344 g/mol. The van der Waals surface area contributed by atoms with E-state index in [1.807, 2.05) is 0 Å². The van der Waals surface area contributed by atoms with Gasteiger partial charge >= 0.3 is 6.18 Å². The maximum absolute atomic E-state index is 13.4. The Labute approximate surface area is 134 Å². The summed E-state index contributed by atoms with van der Waals surface area (Å²) in [5.74, 6) is -0.935. The summed E-state index contributed by atoms with van der Waals surface area (Å²) in [6.07, 6.45) is -8.02. The van der Waals surface area contributed by atoms with Crippen LogP contribution in [0.25, 0.3) is 0 Å². The summed E-state index contributed by atoms with van der Waals surface area (Å²) in [5, 5.41) is 25.6. The highest BCUT2D eigenvalue weighted by Gasteiger charge is 2.61. The molecule has 24 heavy (non-hydrogen) atoms. The van der Waals surface area contributed by atoms with Crippen LogP contribution >= 0.6 is 0 Å². The fourth-order valence-corrected chi connectivity index (χ4v) is 2.13. The maximum atomic E-state index is 13.4. The third-order valence-electron chi connectivity index (χ3n) is 3.41. The Kier molecular flexibility index (Phi) is 4.95. The van der Waals surface area contributed by atoms with Crippen molar-refractivity contribution in [2.24, 2.45) is 0 Å². The number of alkyl halides is 3. The molecule has 1 amide bonds. The minimum absolute atomic E-state index is 0.254. The first kappa shape index (κ1) is 18.0. The van der Waals surface area contributed by atoms with Crippen molar-refractivity contribution >= 4 is 5.91 Å². The molecule has 2 aromatic rings. The standard InChI is InChI=1S/C15H15F3N2O4/c1-9-7-11(20-24-9)8-19-13(22)12(21)14(23,15(16,17)18)10-5-3-2-4-6-10/h2-7,12,21,23H,8H2,1H3,(H,19,22). The second kappa shape index (κ2) is 6.62. The number of hydrogen-bond donors (Lipinski definition) is 3. The summed E-state index contributed by atoms with van der Waals surface area (Å²) in [6.45, 7) is 1.35. The number of aromatic nitrogens is 1. The number of amides is 1. The number of hydrogen-bond acceptors (Lipinski definition) is 5. The van der Waals surface area contributed by atoms with Crippen molar-refractivity contribution < 1.29 is 32.7 Å². The topological polar surface area (TPSA) is 95.6 Å². The van der Waals surface area contributed by atoms with Crippen LogP contribution in [-0.2, 0) is 16.9 Å². The minimum atomic E-state index is -5.27. The number of aryl methyl sites for hydroxylation is 1. The Balaban J connectivity index is 2.21. The molecule has 2 unspecified atom stereocenters. The predicted molar refractivity (Wildman–Crippen MR) is 75.5 cm³/mol. The number of halogens is 3. The van der Waals surface area contributed by atoms with Gasteiger partial charge in [-0.15, -0.1) is 0 Å². The molecule has 0 aliphatic carbocycles. The fourth-order valence-electron chi connectivity index (χ4n) is 2.13. The van der Waals surface area contributed by atoms with Crippen LogP contribution < -0.4 is 5.32 Å². The number of aliphatic hydroxyl groups is 2. The summed E-state index contributed by atoms with van der Waals surface area (Å²) in [4.78, 5) is 11.9. The lowest BCUT2D eigenvalue weighted by atomic mass is 9.87. The third kappa shape index (κ3) is 3.41. The first-order chi connectivity index (χ1) is 11.2. The highest BCUT2D eigenvalue weighted by Crippen LogP contribution is 2.41. The van der Waals surface area contributed by atoms with Crippen molar-refractivity contribution in [3.63, 3.8) is 0 Å². The maximum Gasteiger partial charge on any atom is 0.424 e. The van der Waals surface area contributed by atoms with Crippen LogP contribution in [-0.4, -0.2) is 33.6 Å². The summed E-state index contributed by atoms with van der Waals surface area (Å²) in [6, 6.07) is 7.39. The molecule has 0 fully saturated rings. The molecule has 0 saturated heterocycles. The molecule has 2 rings (SSSR count). The van der Waals surface area contributed by atoms with Gasteiger partial charge in [0.15, 0.2) is 6.10 Å². The molecule has 1 aromatic heterocycles. The van der Waals surface area contributed by atoms with Gasteiger partial charge in [-0.3, -0.25) is 4.79 Å². The molecule has 0 spiro atoms. The lowest BCUT2D eigenvalue weighted by Crippen LogP contribution is -2.57. The number of benzene rings is 1. The molecular formula is C15H15F3N2O4. The number of nitrogens with zero attached hydrogens (tertiary/aromatic N) is 1. The van der Waals surface area contributed by atoms with Crippen molar-refractivity contribution in [3.8, 4) is 0 Å². The third-order valence-corrected chi connectivity index (χ3v) is 3.41. The lowest BCUT2D eigenvalue weighted by molar-refractivity contribution is -0.293. The zero-order chi connectivity index (χ0) is 18.0. The molecule has 9 heteroatoms. The Bertz CT molecular complexity index is 702. The average Bonchev–Trinajstić information content (AvgIpc) is 2.96. The van der Waals surface area contributed by atoms with Crippen molar-refractivity contribution in [1.82, 2.24) is 10.5 Å². The summed E-state index contributed by atoms with van der Waals surface area (Å²) >= 11 is 0. The molecule has 0 aliphatic heterocycles. The Morgan fingerprint density at radius 3 is 2.46 bits per heavy atom. The van der Waals surface area contributed by atoms with Gasteiger partial charge in [0, 0.05) is 6.07 Å². The van der Waals surface area contributed by atoms with Crippen LogP contribution in [0.1, 0.15) is 17.0 Å². The summed E-state index contributed by atoms with van der Waals surface area (Å²) in [5.41, 5.74) is -4.11. The lowest BCUT2D eigenvalue weighted by Gasteiger charge is -2.34. The van der Waals surface area contributed by atoms with Crippen LogP contribution in [0.2, 0.25) is 0 Å². The van der Waals surface area contributed by atoms with Crippen molar-refractivity contribution in [3.05, 3.63) is 53.4 Å². The van der Waals surface area contributed by atoms with Crippen molar-refractivity contribution in [2.45, 2.75) is 31.3 Å². The zero-order valence-corrected chi connectivity index (χ0v) is 12.5. The van der Waals surface area contributed by atoms with Gasteiger partial charge in [0.1, 0.15) is 11.5 Å². The first-order valence-corrected chi connectivity index (χ1v) is 6.89. The van der Waals surface area contributed by atoms with E-state index >= 15 is 0 Å². The largest absolute Gasteiger partial charge is 0.424 e. The van der Waals surface area contributed by atoms with Crippen LogP contribution in [0.3, 0.4) is 0 Å². The Hall–Kier alpha value is -2.39. The van der Waals surface area contributed by atoms with E-state index in [1.165, 1.54) is 24.3 Å². The quantitative estimate of drug-likeness (QED) is 0.762. The molecule has 0 bridgehead atoms. The SMILES string of the molecule is Cc1cc(CNC(=O)C(O)C(O)(c2ccccc2)C(F)(F)F)no1. The molecular weight excluding hydrogens is 329 g/mol. The number of carbonyl (C=O) groups is 1. The van der Waals surface area contributed by atoms with Gasteiger partial charge in [0.25, 0.3) is 5.91 Å². The zero-order valence-electron chi connectivity index (χ0n) is 12.5. The molecule has 0 saturated carbocycles. The number of nitrogens with one attached hydrogen (secondary N) is 1. The Morgan fingerprint density at radius 1 is 1.33 bits per heavy atom. The fraction of sp³-hybridized carbons (Fsp3) is 0.333. The average molecular weight is 344 g/mol. The van der Waals surface area contributed by atoms with Gasteiger partial charge in [-0.05, 0) is 12.5 Å². The van der Waals surface area contributed by atoms with Gasteiger partial charge < -0.3 is 20.1 Å². The van der Waals surface area contributed by atoms with Crippen LogP contribution in [0.5, 0.6) is 0 Å². The highest BCUT2D eigenvalue weighted by molar-refractivity contribution is 5.82. The number of aliphatic hydroxyl groups excluding tert-OH is 1. The minimum Gasteiger partial charge on any atom is -0.380 e. The van der Waals surface area contributed by atoms with Crippen LogP contribution in [0, 0.1) is 6.92 Å². The van der Waals surface area contributed by atoms with Crippen molar-refractivity contribution in [2.75, 3.05) is 0 Å². The second-order valence-corrected chi connectivity index (χ2v) is 5.18. The summed E-state index contributed by atoms with van der Waals surface area (Å²) < 4.78 is 44.8. The Morgan fingerprint density at radius 2 is 1.96 bits per heavy atom. The van der Waals surface area contributed by atoms with E-state index in [1.54, 1.807) is 6.92 Å². The van der Waals surface area contributed by atoms with E-state index < -0.39 is 29.4 Å². The van der Waals surface area contributed by atoms with E-state index in [9.17, 15) is 28.2 Å². The van der Waals surface area contributed by atoms with Gasteiger partial charge in [-0.25, -0.2) is 0 Å². The van der Waals surface area contributed by atoms with Crippen LogP contribution in [0.15, 0.2) is 40.9 Å². The molecule has 6 nitrogen and oxygen atoms in total. The molecule has 0 aliphatic rings. The molecule has 1 aromatic carbocycles. The molecule has 3 N–H and O–H groups in total. The number of rotatable bonds is 5. The van der Waals surface area contributed by atoms with E-state index in [0.717, 1.165) is 12.1 Å². The highest BCUT2D eigenvalue weighted by atomic mass is 19.4. The van der Waals surface area contributed by atoms with Crippen LogP contribution in [0.4, 0.5) is 13.2 Å². The normalized spacial score (nSPS) is 15.6. The van der Waals surface area contributed by atoms with E-state index in [2.05, 4.69) is 10.5 Å². The predicted octanol–water partition coefficient (Wildman–Crippen LogP) is 1.41. The van der Waals surface area contributed by atoms with Gasteiger partial charge in [-0.1, -0.05) is 35.5 Å². The van der Waals surface area contributed by atoms with Crippen molar-refractivity contribution in [1.29, 1.82) is 0 Å². The van der Waals surface area contributed by atoms with Gasteiger partial charge in [0.2, 0.25) is 5.60 Å². The molecule has 130 valence electrons. The second-order valence-electron chi connectivity index (χ2n) is 5.18. The molecule has 1 heterocycles. The van der Waals surface area contributed by atoms with E-state index in [4.69, 9.17) is 4.52 Å². The van der Waals surface area contributed by atoms with E-state index in [-0.39, 0.29) is 12.2 Å². The smallest absolute Gasteiger partial charge is 0.380 e. The van der Waals surface area contributed by atoms with E-state index in [0.29, 0.717) is 5.76 Å². The van der Waals surface area contributed by atoms with Gasteiger partial charge in [-0.2, -0.15) is 13.2 Å². The first-order valence-electron chi connectivity index (χ1n) is 6.89. The molecule has 0 radical (unpaired) electrons. The van der Waals surface area contributed by atoms with Gasteiger partial charge in [0.05, 0.1) is 6.54 Å². The summed E-state index contributed by atoms with van der Waals surface area (Å²) in [7, 11) is 0. The number of carbonyl (C=O) groups excluding carboxylic acids is 1.